The summed E-state index contributed by atoms with van der Waals surface area (Å²) in [7, 11) is 0. The van der Waals surface area contributed by atoms with E-state index in [0.717, 1.165) is 24.9 Å². The summed E-state index contributed by atoms with van der Waals surface area (Å²) >= 11 is 0. The molecular formula is C14H17N5O. The SMILES string of the molecule is N=C(N)N1CCCC(c2nc(-c3ccccc3)no2)C1. The van der Waals surface area contributed by atoms with Crippen LogP contribution < -0.4 is 5.73 Å². The van der Waals surface area contributed by atoms with Crippen LogP contribution in [-0.2, 0) is 0 Å². The van der Waals surface area contributed by atoms with E-state index < -0.39 is 0 Å². The van der Waals surface area contributed by atoms with Gasteiger partial charge in [-0.2, -0.15) is 4.98 Å². The maximum absolute atomic E-state index is 7.52. The van der Waals surface area contributed by atoms with Gasteiger partial charge < -0.3 is 15.2 Å². The van der Waals surface area contributed by atoms with E-state index in [4.69, 9.17) is 15.7 Å². The molecular weight excluding hydrogens is 254 g/mol. The molecule has 1 aromatic heterocycles. The summed E-state index contributed by atoms with van der Waals surface area (Å²) in [4.78, 5) is 6.33. The Balaban J connectivity index is 1.78. The van der Waals surface area contributed by atoms with Gasteiger partial charge in [0.2, 0.25) is 11.7 Å². The fraction of sp³-hybridized carbons (Fsp3) is 0.357. The highest BCUT2D eigenvalue weighted by molar-refractivity contribution is 5.74. The minimum absolute atomic E-state index is 0.109. The number of rotatable bonds is 2. The van der Waals surface area contributed by atoms with Gasteiger partial charge in [0.1, 0.15) is 0 Å². The van der Waals surface area contributed by atoms with Gasteiger partial charge in [0.25, 0.3) is 0 Å². The first-order valence-electron chi connectivity index (χ1n) is 6.72. The summed E-state index contributed by atoms with van der Waals surface area (Å²) in [6, 6.07) is 9.76. The second-order valence-electron chi connectivity index (χ2n) is 4.99. The molecule has 6 nitrogen and oxygen atoms in total. The summed E-state index contributed by atoms with van der Waals surface area (Å²) in [5.74, 6) is 1.51. The minimum Gasteiger partial charge on any atom is -0.370 e. The van der Waals surface area contributed by atoms with Crippen molar-refractivity contribution in [3.63, 3.8) is 0 Å². The van der Waals surface area contributed by atoms with Crippen LogP contribution in [0.25, 0.3) is 11.4 Å². The lowest BCUT2D eigenvalue weighted by Crippen LogP contribution is -2.42. The fourth-order valence-corrected chi connectivity index (χ4v) is 2.50. The van der Waals surface area contributed by atoms with Crippen molar-refractivity contribution in [1.82, 2.24) is 15.0 Å². The Labute approximate surface area is 117 Å². The first kappa shape index (κ1) is 12.7. The maximum atomic E-state index is 7.52. The van der Waals surface area contributed by atoms with Crippen LogP contribution in [-0.4, -0.2) is 34.1 Å². The number of hydrogen-bond donors (Lipinski definition) is 2. The molecule has 0 aliphatic carbocycles. The number of benzene rings is 1. The van der Waals surface area contributed by atoms with Crippen molar-refractivity contribution in [2.24, 2.45) is 5.73 Å². The molecule has 1 unspecified atom stereocenters. The zero-order chi connectivity index (χ0) is 13.9. The number of hydrogen-bond acceptors (Lipinski definition) is 4. The molecule has 0 amide bonds. The highest BCUT2D eigenvalue weighted by Crippen LogP contribution is 2.27. The highest BCUT2D eigenvalue weighted by Gasteiger charge is 2.26. The van der Waals surface area contributed by atoms with Crippen LogP contribution in [0.3, 0.4) is 0 Å². The highest BCUT2D eigenvalue weighted by atomic mass is 16.5. The molecule has 2 aromatic rings. The third kappa shape index (κ3) is 2.49. The summed E-state index contributed by atoms with van der Waals surface area (Å²) in [6.07, 6.45) is 1.97. The van der Waals surface area contributed by atoms with E-state index in [1.165, 1.54) is 0 Å². The Morgan fingerprint density at radius 2 is 2.15 bits per heavy atom. The summed E-state index contributed by atoms with van der Waals surface area (Å²) in [5, 5.41) is 11.6. The van der Waals surface area contributed by atoms with Crippen LogP contribution in [0.15, 0.2) is 34.9 Å². The van der Waals surface area contributed by atoms with Crippen molar-refractivity contribution in [3.05, 3.63) is 36.2 Å². The molecule has 0 spiro atoms. The van der Waals surface area contributed by atoms with Gasteiger partial charge in [0.15, 0.2) is 5.96 Å². The molecule has 3 N–H and O–H groups in total. The van der Waals surface area contributed by atoms with E-state index in [-0.39, 0.29) is 11.9 Å². The maximum Gasteiger partial charge on any atom is 0.231 e. The topological polar surface area (TPSA) is 92.0 Å². The largest absolute Gasteiger partial charge is 0.370 e. The van der Waals surface area contributed by atoms with Crippen LogP contribution in [0, 0.1) is 5.41 Å². The number of guanidine groups is 1. The molecule has 0 bridgehead atoms. The summed E-state index contributed by atoms with van der Waals surface area (Å²) < 4.78 is 5.39. The van der Waals surface area contributed by atoms with Crippen LogP contribution in [0.2, 0.25) is 0 Å². The lowest BCUT2D eigenvalue weighted by Gasteiger charge is -2.30. The number of nitrogens with two attached hydrogens (primary N) is 1. The normalized spacial score (nSPS) is 19.0. The molecule has 0 saturated carbocycles. The van der Waals surface area contributed by atoms with E-state index in [1.807, 2.05) is 35.2 Å². The second-order valence-corrected chi connectivity index (χ2v) is 4.99. The average Bonchev–Trinajstić information content (AvgIpc) is 2.98. The van der Waals surface area contributed by atoms with Crippen molar-refractivity contribution in [1.29, 1.82) is 5.41 Å². The molecule has 1 aliphatic rings. The molecule has 3 rings (SSSR count). The van der Waals surface area contributed by atoms with Gasteiger partial charge in [0, 0.05) is 18.7 Å². The fourth-order valence-electron chi connectivity index (χ4n) is 2.50. The Kier molecular flexibility index (Phi) is 3.37. The van der Waals surface area contributed by atoms with Crippen molar-refractivity contribution < 1.29 is 4.52 Å². The summed E-state index contributed by atoms with van der Waals surface area (Å²) in [5.41, 5.74) is 6.49. The Morgan fingerprint density at radius 3 is 2.90 bits per heavy atom. The van der Waals surface area contributed by atoms with Gasteiger partial charge >= 0.3 is 0 Å². The Morgan fingerprint density at radius 1 is 1.35 bits per heavy atom. The third-order valence-corrected chi connectivity index (χ3v) is 3.59. The van der Waals surface area contributed by atoms with E-state index in [2.05, 4.69) is 10.1 Å². The van der Waals surface area contributed by atoms with Gasteiger partial charge in [0.05, 0.1) is 5.92 Å². The standard InChI is InChI=1S/C14H17N5O/c15-14(16)19-8-4-7-11(9-19)13-17-12(18-20-13)10-5-2-1-3-6-10/h1-3,5-6,11H,4,7-9H2,(H3,15,16). The zero-order valence-corrected chi connectivity index (χ0v) is 11.1. The van der Waals surface area contributed by atoms with E-state index in [0.29, 0.717) is 18.3 Å². The smallest absolute Gasteiger partial charge is 0.231 e. The quantitative estimate of drug-likeness (QED) is 0.642. The molecule has 1 atom stereocenters. The molecule has 20 heavy (non-hydrogen) atoms. The molecule has 1 aromatic carbocycles. The molecule has 1 saturated heterocycles. The van der Waals surface area contributed by atoms with Gasteiger partial charge in [-0.15, -0.1) is 0 Å². The molecule has 104 valence electrons. The predicted octanol–water partition coefficient (Wildman–Crippen LogP) is 1.81. The average molecular weight is 271 g/mol. The van der Waals surface area contributed by atoms with E-state index >= 15 is 0 Å². The Hall–Kier alpha value is -2.37. The van der Waals surface area contributed by atoms with Crippen molar-refractivity contribution in [2.45, 2.75) is 18.8 Å². The molecule has 2 heterocycles. The van der Waals surface area contributed by atoms with Crippen molar-refractivity contribution in [2.75, 3.05) is 13.1 Å². The van der Waals surface area contributed by atoms with E-state index in [1.54, 1.807) is 0 Å². The summed E-state index contributed by atoms with van der Waals surface area (Å²) in [6.45, 7) is 1.50. The number of nitrogens with one attached hydrogen (secondary N) is 1. The van der Waals surface area contributed by atoms with Gasteiger partial charge in [-0.05, 0) is 12.8 Å². The molecule has 6 heteroatoms. The third-order valence-electron chi connectivity index (χ3n) is 3.59. The number of nitrogens with zero attached hydrogens (tertiary/aromatic N) is 3. The molecule has 0 radical (unpaired) electrons. The number of likely N-dealkylation sites (tertiary alicyclic amines) is 1. The molecule has 1 fully saturated rings. The van der Waals surface area contributed by atoms with Crippen LogP contribution >= 0.6 is 0 Å². The van der Waals surface area contributed by atoms with Crippen LogP contribution in [0.1, 0.15) is 24.7 Å². The first-order valence-corrected chi connectivity index (χ1v) is 6.72. The minimum atomic E-state index is 0.109. The zero-order valence-electron chi connectivity index (χ0n) is 11.1. The van der Waals surface area contributed by atoms with Crippen molar-refractivity contribution in [3.8, 4) is 11.4 Å². The molecule has 1 aliphatic heterocycles. The number of aromatic nitrogens is 2. The monoisotopic (exact) mass is 271 g/mol. The Bertz CT molecular complexity index is 595. The predicted molar refractivity (Wildman–Crippen MR) is 75.2 cm³/mol. The van der Waals surface area contributed by atoms with Crippen molar-refractivity contribution >= 4 is 5.96 Å². The van der Waals surface area contributed by atoms with E-state index in [9.17, 15) is 0 Å². The lowest BCUT2D eigenvalue weighted by molar-refractivity contribution is 0.257. The number of piperidine rings is 1. The van der Waals surface area contributed by atoms with Gasteiger partial charge in [-0.3, -0.25) is 5.41 Å². The first-order chi connectivity index (χ1) is 9.74. The van der Waals surface area contributed by atoms with Gasteiger partial charge in [-0.25, -0.2) is 0 Å². The van der Waals surface area contributed by atoms with Crippen LogP contribution in [0.5, 0.6) is 0 Å². The second kappa shape index (κ2) is 5.32. The lowest BCUT2D eigenvalue weighted by atomic mass is 9.98. The van der Waals surface area contributed by atoms with Crippen LogP contribution in [0.4, 0.5) is 0 Å². The van der Waals surface area contributed by atoms with Gasteiger partial charge in [-0.1, -0.05) is 35.5 Å².